The lowest BCUT2D eigenvalue weighted by Crippen LogP contribution is -2.40. The van der Waals surface area contributed by atoms with Crippen LogP contribution in [0.1, 0.15) is 32.6 Å². The van der Waals surface area contributed by atoms with Crippen LogP contribution < -0.4 is 5.32 Å². The average Bonchev–Trinajstić information content (AvgIpc) is 2.71. The van der Waals surface area contributed by atoms with Crippen molar-refractivity contribution in [2.75, 3.05) is 18.4 Å². The van der Waals surface area contributed by atoms with Crippen LogP contribution in [0.15, 0.2) is 6.20 Å². The van der Waals surface area contributed by atoms with Crippen LogP contribution in [0.5, 0.6) is 0 Å². The van der Waals surface area contributed by atoms with Gasteiger partial charge in [0.25, 0.3) is 0 Å². The van der Waals surface area contributed by atoms with Gasteiger partial charge in [-0.05, 0) is 27.7 Å². The molecule has 0 saturated heterocycles. The van der Waals surface area contributed by atoms with Crippen LogP contribution >= 0.6 is 11.3 Å². The first-order chi connectivity index (χ1) is 8.71. The van der Waals surface area contributed by atoms with E-state index in [1.165, 1.54) is 0 Å². The summed E-state index contributed by atoms with van der Waals surface area (Å²) in [6.07, 6.45) is -3.44. The van der Waals surface area contributed by atoms with Gasteiger partial charge in [-0.3, -0.25) is 4.90 Å². The minimum Gasteiger partial charge on any atom is -0.360 e. The van der Waals surface area contributed by atoms with Crippen molar-refractivity contribution in [1.82, 2.24) is 9.88 Å². The predicted molar refractivity (Wildman–Crippen MR) is 72.6 cm³/mol. The quantitative estimate of drug-likeness (QED) is 0.867. The number of alkyl halides is 3. The summed E-state index contributed by atoms with van der Waals surface area (Å²) >= 11 is 0.643. The Bertz CT molecular complexity index is 380. The molecule has 0 fully saturated rings. The molecule has 0 atom stereocenters. The van der Waals surface area contributed by atoms with Gasteiger partial charge in [-0.1, -0.05) is 11.3 Å². The first-order valence-electron chi connectivity index (χ1n) is 6.24. The highest BCUT2D eigenvalue weighted by Crippen LogP contribution is 2.34. The summed E-state index contributed by atoms with van der Waals surface area (Å²) in [6, 6.07) is 0.813. The Morgan fingerprint density at radius 2 is 1.84 bits per heavy atom. The van der Waals surface area contributed by atoms with Gasteiger partial charge in [0.15, 0.2) is 5.13 Å². The molecule has 0 aliphatic heterocycles. The Kier molecular flexibility index (Phi) is 5.61. The molecule has 7 heteroatoms. The number of thiazole rings is 1. The lowest BCUT2D eigenvalue weighted by atomic mass is 10.2. The number of hydrogen-bond acceptors (Lipinski definition) is 4. The monoisotopic (exact) mass is 295 g/mol. The fourth-order valence-electron chi connectivity index (χ4n) is 1.89. The Balaban J connectivity index is 2.47. The molecule has 0 aliphatic carbocycles. The van der Waals surface area contributed by atoms with Crippen molar-refractivity contribution >= 4 is 16.5 Å². The molecule has 0 saturated carbocycles. The summed E-state index contributed by atoms with van der Waals surface area (Å²) in [4.78, 5) is 5.34. The van der Waals surface area contributed by atoms with E-state index in [0.717, 1.165) is 12.7 Å². The molecule has 0 bridgehead atoms. The molecule has 1 heterocycles. The standard InChI is InChI=1S/C12H20F3N3S/c1-8(2)18(9(3)4)6-5-16-11-17-7-10(19-11)12(13,14)15/h7-9H,5-6H2,1-4H3,(H,16,17). The van der Waals surface area contributed by atoms with E-state index in [-0.39, 0.29) is 0 Å². The van der Waals surface area contributed by atoms with Gasteiger partial charge < -0.3 is 5.32 Å². The van der Waals surface area contributed by atoms with Crippen molar-refractivity contribution in [3.8, 4) is 0 Å². The first-order valence-corrected chi connectivity index (χ1v) is 7.06. The molecule has 110 valence electrons. The number of aromatic nitrogens is 1. The van der Waals surface area contributed by atoms with Gasteiger partial charge in [-0.25, -0.2) is 4.98 Å². The lowest BCUT2D eigenvalue weighted by molar-refractivity contribution is -0.134. The van der Waals surface area contributed by atoms with Crippen LogP contribution in [-0.4, -0.2) is 35.1 Å². The zero-order chi connectivity index (χ0) is 14.6. The molecule has 0 spiro atoms. The predicted octanol–water partition coefficient (Wildman–Crippen LogP) is 3.69. The normalized spacial score (nSPS) is 12.7. The fraction of sp³-hybridized carbons (Fsp3) is 0.750. The molecule has 19 heavy (non-hydrogen) atoms. The van der Waals surface area contributed by atoms with Gasteiger partial charge in [0.2, 0.25) is 0 Å². The van der Waals surface area contributed by atoms with Crippen LogP contribution in [0.4, 0.5) is 18.3 Å². The largest absolute Gasteiger partial charge is 0.427 e. The summed E-state index contributed by atoms with van der Waals surface area (Å²) in [5.41, 5.74) is 0. The Morgan fingerprint density at radius 3 is 2.26 bits per heavy atom. The Morgan fingerprint density at radius 1 is 1.26 bits per heavy atom. The van der Waals surface area contributed by atoms with Crippen molar-refractivity contribution in [3.63, 3.8) is 0 Å². The highest BCUT2D eigenvalue weighted by Gasteiger charge is 2.33. The maximum atomic E-state index is 12.4. The molecule has 1 N–H and O–H groups in total. The van der Waals surface area contributed by atoms with Crippen molar-refractivity contribution in [2.45, 2.75) is 46.0 Å². The van der Waals surface area contributed by atoms with Crippen molar-refractivity contribution in [2.24, 2.45) is 0 Å². The van der Waals surface area contributed by atoms with Gasteiger partial charge in [0.05, 0.1) is 6.20 Å². The third-order valence-electron chi connectivity index (χ3n) is 2.76. The molecule has 0 unspecified atom stereocenters. The van der Waals surface area contributed by atoms with Crippen molar-refractivity contribution < 1.29 is 13.2 Å². The second-order valence-electron chi connectivity index (χ2n) is 4.88. The van der Waals surface area contributed by atoms with Crippen LogP contribution in [0, 0.1) is 0 Å². The van der Waals surface area contributed by atoms with Gasteiger partial charge >= 0.3 is 6.18 Å². The number of nitrogens with one attached hydrogen (secondary N) is 1. The topological polar surface area (TPSA) is 28.2 Å². The SMILES string of the molecule is CC(C)N(CCNc1ncc(C(F)(F)F)s1)C(C)C. The molecule has 0 radical (unpaired) electrons. The fourth-order valence-corrected chi connectivity index (χ4v) is 2.60. The van der Waals surface area contributed by atoms with Gasteiger partial charge in [0.1, 0.15) is 4.88 Å². The van der Waals surface area contributed by atoms with E-state index < -0.39 is 11.1 Å². The lowest BCUT2D eigenvalue weighted by Gasteiger charge is -2.30. The van der Waals surface area contributed by atoms with Crippen LogP contribution in [0.25, 0.3) is 0 Å². The highest BCUT2D eigenvalue weighted by molar-refractivity contribution is 7.15. The first kappa shape index (κ1) is 16.2. The summed E-state index contributed by atoms with van der Waals surface area (Å²) in [5.74, 6) is 0. The van der Waals surface area contributed by atoms with Gasteiger partial charge in [-0.15, -0.1) is 0 Å². The van der Waals surface area contributed by atoms with E-state index in [1.807, 2.05) is 0 Å². The summed E-state index contributed by atoms with van der Waals surface area (Å²) in [6.45, 7) is 9.77. The van der Waals surface area contributed by atoms with Crippen molar-refractivity contribution in [1.29, 1.82) is 0 Å². The van der Waals surface area contributed by atoms with E-state index >= 15 is 0 Å². The van der Waals surface area contributed by atoms with E-state index in [4.69, 9.17) is 0 Å². The molecule has 3 nitrogen and oxygen atoms in total. The number of hydrogen-bond donors (Lipinski definition) is 1. The number of nitrogens with zero attached hydrogens (tertiary/aromatic N) is 2. The van der Waals surface area contributed by atoms with Crippen LogP contribution in [0.3, 0.4) is 0 Å². The molecular formula is C12H20F3N3S. The maximum Gasteiger partial charge on any atom is 0.427 e. The molecule has 0 aromatic carbocycles. The highest BCUT2D eigenvalue weighted by atomic mass is 32.1. The molecule has 1 aromatic rings. The summed E-state index contributed by atoms with van der Waals surface area (Å²) in [5, 5.41) is 3.26. The zero-order valence-corrected chi connectivity index (χ0v) is 12.4. The van der Waals surface area contributed by atoms with Gasteiger partial charge in [0, 0.05) is 25.2 Å². The average molecular weight is 295 g/mol. The molecule has 0 aliphatic rings. The van der Waals surface area contributed by atoms with E-state index in [2.05, 4.69) is 42.9 Å². The van der Waals surface area contributed by atoms with Gasteiger partial charge in [-0.2, -0.15) is 13.2 Å². The molecule has 0 amide bonds. The molecule has 1 rings (SSSR count). The van der Waals surface area contributed by atoms with Crippen molar-refractivity contribution in [3.05, 3.63) is 11.1 Å². The zero-order valence-electron chi connectivity index (χ0n) is 11.6. The third kappa shape index (κ3) is 4.99. The van der Waals surface area contributed by atoms with E-state index in [9.17, 15) is 13.2 Å². The second-order valence-corrected chi connectivity index (χ2v) is 5.91. The molecular weight excluding hydrogens is 275 g/mol. The minimum absolute atomic E-state index is 0.319. The van der Waals surface area contributed by atoms with E-state index in [0.29, 0.717) is 35.1 Å². The van der Waals surface area contributed by atoms with E-state index in [1.54, 1.807) is 0 Å². The number of rotatable bonds is 6. The summed E-state index contributed by atoms with van der Waals surface area (Å²) in [7, 11) is 0. The maximum absolute atomic E-state index is 12.4. The van der Waals surface area contributed by atoms with Crippen LogP contribution in [0.2, 0.25) is 0 Å². The summed E-state index contributed by atoms with van der Waals surface area (Å²) < 4.78 is 37.2. The Labute approximate surface area is 115 Å². The second kappa shape index (κ2) is 6.56. The molecule has 1 aromatic heterocycles. The number of halogens is 3. The Hall–Kier alpha value is -0.820. The van der Waals surface area contributed by atoms with Crippen LogP contribution in [-0.2, 0) is 6.18 Å². The minimum atomic E-state index is -4.31. The smallest absolute Gasteiger partial charge is 0.360 e. The number of anilines is 1. The third-order valence-corrected chi connectivity index (χ3v) is 3.76.